The Balaban J connectivity index is 1.25. The maximum atomic E-state index is 13.1. The van der Waals surface area contributed by atoms with Crippen LogP contribution in [0.25, 0.3) is 22.3 Å². The van der Waals surface area contributed by atoms with Crippen LogP contribution in [0.4, 0.5) is 11.5 Å². The molecule has 1 aliphatic rings. The molecule has 10 heteroatoms. The van der Waals surface area contributed by atoms with Crippen LogP contribution in [0.15, 0.2) is 55.0 Å². The molecule has 41 heavy (non-hydrogen) atoms. The zero-order valence-corrected chi connectivity index (χ0v) is 24.2. The van der Waals surface area contributed by atoms with Crippen LogP contribution >= 0.6 is 0 Å². The van der Waals surface area contributed by atoms with Crippen molar-refractivity contribution >= 4 is 28.4 Å². The highest BCUT2D eigenvalue weighted by atomic mass is 16.5. The first-order valence-electron chi connectivity index (χ1n) is 14.5. The van der Waals surface area contributed by atoms with Crippen molar-refractivity contribution in [2.24, 2.45) is 0 Å². The third-order valence-corrected chi connectivity index (χ3v) is 7.48. The van der Waals surface area contributed by atoms with Gasteiger partial charge in [0, 0.05) is 49.8 Å². The number of anilines is 2. The number of aromatic amines is 1. The lowest BCUT2D eigenvalue weighted by Crippen LogP contribution is -2.37. The number of amides is 1. The monoisotopic (exact) mass is 556 g/mol. The number of ether oxygens (including phenoxy) is 1. The summed E-state index contributed by atoms with van der Waals surface area (Å²) in [4.78, 5) is 34.5. The van der Waals surface area contributed by atoms with E-state index in [1.54, 1.807) is 12.5 Å². The van der Waals surface area contributed by atoms with Crippen LogP contribution < -0.4 is 15.5 Å². The van der Waals surface area contributed by atoms with Gasteiger partial charge in [0.2, 0.25) is 0 Å². The summed E-state index contributed by atoms with van der Waals surface area (Å²) in [5.74, 6) is 0.698. The molecule has 1 saturated heterocycles. The zero-order chi connectivity index (χ0) is 28.6. The van der Waals surface area contributed by atoms with Crippen LogP contribution in [0.5, 0.6) is 0 Å². The van der Waals surface area contributed by atoms with Gasteiger partial charge in [-0.3, -0.25) is 14.7 Å². The third-order valence-electron chi connectivity index (χ3n) is 7.48. The van der Waals surface area contributed by atoms with Crippen molar-refractivity contribution in [3.63, 3.8) is 0 Å². The number of rotatable bonds is 12. The van der Waals surface area contributed by atoms with Crippen molar-refractivity contribution in [1.82, 2.24) is 30.2 Å². The molecule has 3 aromatic heterocycles. The Labute approximate surface area is 241 Å². The summed E-state index contributed by atoms with van der Waals surface area (Å²) in [6.07, 6.45) is 5.61. The Morgan fingerprint density at radius 3 is 2.68 bits per heavy atom. The summed E-state index contributed by atoms with van der Waals surface area (Å²) in [5.41, 5.74) is 4.95. The molecule has 10 nitrogen and oxygen atoms in total. The Bertz CT molecular complexity index is 1430. The predicted molar refractivity (Wildman–Crippen MR) is 163 cm³/mol. The molecule has 1 fully saturated rings. The second-order valence-electron chi connectivity index (χ2n) is 10.6. The van der Waals surface area contributed by atoms with E-state index >= 15 is 0 Å². The van der Waals surface area contributed by atoms with E-state index in [2.05, 4.69) is 60.3 Å². The molecular formula is C31H40N8O2. The van der Waals surface area contributed by atoms with E-state index in [0.29, 0.717) is 30.6 Å². The van der Waals surface area contributed by atoms with E-state index in [1.807, 2.05) is 43.4 Å². The number of benzene rings is 1. The summed E-state index contributed by atoms with van der Waals surface area (Å²) < 4.78 is 5.49. The second kappa shape index (κ2) is 13.7. The van der Waals surface area contributed by atoms with Crippen molar-refractivity contribution in [2.45, 2.75) is 39.3 Å². The summed E-state index contributed by atoms with van der Waals surface area (Å²) in [6.45, 7) is 10.2. The molecule has 0 aliphatic carbocycles. The SMILES string of the molecule is CCCCN(Cc1ccnc(C(=O)Nc2ccc(-c3cc4c(N5CCOCC5)ncnc4[nH]3)cc2)c1)CC(C)NC. The Hall–Kier alpha value is -3.86. The topological polar surface area (TPSA) is 111 Å². The number of H-pyrrole nitrogens is 1. The molecule has 1 aromatic carbocycles. The van der Waals surface area contributed by atoms with E-state index in [0.717, 1.165) is 79.2 Å². The van der Waals surface area contributed by atoms with Gasteiger partial charge >= 0.3 is 0 Å². The molecule has 3 N–H and O–H groups in total. The highest BCUT2D eigenvalue weighted by Gasteiger charge is 2.18. The fourth-order valence-corrected chi connectivity index (χ4v) is 5.09. The molecule has 216 valence electrons. The molecule has 4 heterocycles. The first kappa shape index (κ1) is 28.7. The van der Waals surface area contributed by atoms with Gasteiger partial charge in [-0.15, -0.1) is 0 Å². The second-order valence-corrected chi connectivity index (χ2v) is 10.6. The number of carbonyl (C=O) groups is 1. The molecule has 5 rings (SSSR count). The molecule has 0 saturated carbocycles. The van der Waals surface area contributed by atoms with Crippen LogP contribution in [0.1, 0.15) is 42.7 Å². The molecule has 1 aliphatic heterocycles. The van der Waals surface area contributed by atoms with Crippen molar-refractivity contribution in [3.8, 4) is 11.3 Å². The van der Waals surface area contributed by atoms with Crippen LogP contribution in [-0.2, 0) is 11.3 Å². The molecule has 1 atom stereocenters. The number of likely N-dealkylation sites (N-methyl/N-ethyl adjacent to an activating group) is 1. The van der Waals surface area contributed by atoms with Crippen molar-refractivity contribution in [3.05, 3.63) is 66.2 Å². The Morgan fingerprint density at radius 1 is 1.12 bits per heavy atom. The van der Waals surface area contributed by atoms with Gasteiger partial charge in [-0.25, -0.2) is 9.97 Å². The lowest BCUT2D eigenvalue weighted by atomic mass is 10.1. The smallest absolute Gasteiger partial charge is 0.274 e. The number of nitrogens with zero attached hydrogens (tertiary/aromatic N) is 5. The van der Waals surface area contributed by atoms with E-state index in [9.17, 15) is 4.79 Å². The van der Waals surface area contributed by atoms with E-state index in [-0.39, 0.29) is 5.91 Å². The number of hydrogen-bond donors (Lipinski definition) is 3. The number of fused-ring (bicyclic) bond motifs is 1. The van der Waals surface area contributed by atoms with Crippen LogP contribution in [-0.4, -0.2) is 83.2 Å². The molecule has 0 bridgehead atoms. The minimum absolute atomic E-state index is 0.223. The maximum Gasteiger partial charge on any atom is 0.274 e. The van der Waals surface area contributed by atoms with Crippen LogP contribution in [0.2, 0.25) is 0 Å². The fourth-order valence-electron chi connectivity index (χ4n) is 5.09. The summed E-state index contributed by atoms with van der Waals surface area (Å²) in [5, 5.41) is 7.30. The Morgan fingerprint density at radius 2 is 1.93 bits per heavy atom. The maximum absolute atomic E-state index is 13.1. The van der Waals surface area contributed by atoms with E-state index < -0.39 is 0 Å². The quantitative estimate of drug-likeness (QED) is 0.237. The standard InChI is InChI=1S/C31H40N8O2/c1-4-5-12-38(19-22(2)32-3)20-23-10-11-33-28(17-23)31(40)36-25-8-6-24(7-9-25)27-18-26-29(37-27)34-21-35-30(26)39-13-15-41-16-14-39/h6-11,17-18,21-22,32H,4-5,12-16,19-20H2,1-3H3,(H,36,40)(H,34,35,37). The average molecular weight is 557 g/mol. The first-order valence-corrected chi connectivity index (χ1v) is 14.5. The number of carbonyl (C=O) groups excluding carboxylic acids is 1. The minimum Gasteiger partial charge on any atom is -0.378 e. The minimum atomic E-state index is -0.223. The first-order chi connectivity index (χ1) is 20.0. The average Bonchev–Trinajstić information content (AvgIpc) is 3.45. The van der Waals surface area contributed by atoms with Crippen LogP contribution in [0, 0.1) is 0 Å². The van der Waals surface area contributed by atoms with Gasteiger partial charge in [-0.2, -0.15) is 0 Å². The summed E-state index contributed by atoms with van der Waals surface area (Å²) in [6, 6.07) is 14.1. The lowest BCUT2D eigenvalue weighted by molar-refractivity contribution is 0.102. The zero-order valence-electron chi connectivity index (χ0n) is 24.2. The number of unbranched alkanes of at least 4 members (excludes halogenated alkanes) is 1. The third kappa shape index (κ3) is 7.27. The van der Waals surface area contributed by atoms with Gasteiger partial charge in [-0.1, -0.05) is 25.5 Å². The number of nitrogens with one attached hydrogen (secondary N) is 3. The van der Waals surface area contributed by atoms with E-state index in [4.69, 9.17) is 4.74 Å². The summed E-state index contributed by atoms with van der Waals surface area (Å²) >= 11 is 0. The molecule has 4 aromatic rings. The molecule has 1 unspecified atom stereocenters. The van der Waals surface area contributed by atoms with Gasteiger partial charge in [-0.05, 0) is 68.4 Å². The van der Waals surface area contributed by atoms with E-state index in [1.165, 1.54) is 0 Å². The summed E-state index contributed by atoms with van der Waals surface area (Å²) in [7, 11) is 1.99. The number of aromatic nitrogens is 4. The predicted octanol–water partition coefficient (Wildman–Crippen LogP) is 4.32. The highest BCUT2D eigenvalue weighted by molar-refractivity contribution is 6.03. The molecule has 0 radical (unpaired) electrons. The van der Waals surface area contributed by atoms with Gasteiger partial charge in [0.05, 0.1) is 18.6 Å². The molecule has 1 amide bonds. The number of morpholine rings is 1. The van der Waals surface area contributed by atoms with Crippen molar-refractivity contribution in [1.29, 1.82) is 0 Å². The van der Waals surface area contributed by atoms with Gasteiger partial charge in [0.15, 0.2) is 0 Å². The number of hydrogen-bond acceptors (Lipinski definition) is 8. The molecular weight excluding hydrogens is 516 g/mol. The normalized spacial score (nSPS) is 14.5. The fraction of sp³-hybridized carbons (Fsp3) is 0.419. The van der Waals surface area contributed by atoms with Gasteiger partial charge < -0.3 is 25.3 Å². The van der Waals surface area contributed by atoms with Crippen LogP contribution in [0.3, 0.4) is 0 Å². The highest BCUT2D eigenvalue weighted by Crippen LogP contribution is 2.29. The lowest BCUT2D eigenvalue weighted by Gasteiger charge is -2.27. The Kier molecular flexibility index (Phi) is 9.55. The largest absolute Gasteiger partial charge is 0.378 e. The van der Waals surface area contributed by atoms with Gasteiger partial charge in [0.25, 0.3) is 5.91 Å². The molecule has 0 spiro atoms. The van der Waals surface area contributed by atoms with Crippen molar-refractivity contribution < 1.29 is 9.53 Å². The van der Waals surface area contributed by atoms with Gasteiger partial charge in [0.1, 0.15) is 23.5 Å². The van der Waals surface area contributed by atoms with Crippen molar-refractivity contribution in [2.75, 3.05) is 56.7 Å². The number of pyridine rings is 1.